The summed E-state index contributed by atoms with van der Waals surface area (Å²) in [4.78, 5) is 5.23. The summed E-state index contributed by atoms with van der Waals surface area (Å²) in [6.45, 7) is 7.58. The number of fused-ring (bicyclic) bond motifs is 1. The van der Waals surface area contributed by atoms with Gasteiger partial charge < -0.3 is 11.1 Å². The normalized spacial score (nSPS) is 14.8. The van der Waals surface area contributed by atoms with Crippen LogP contribution in [0.1, 0.15) is 56.9 Å². The third-order valence-electron chi connectivity index (χ3n) is 4.26. The number of nitrogens with one attached hydrogen (secondary N) is 1. The molecule has 3 N–H and O–H groups in total. The number of pyridine rings is 1. The predicted molar refractivity (Wildman–Crippen MR) is 89.3 cm³/mol. The van der Waals surface area contributed by atoms with Crippen molar-refractivity contribution in [1.29, 1.82) is 0 Å². The van der Waals surface area contributed by atoms with Crippen molar-refractivity contribution in [3.8, 4) is 0 Å². The Bertz CT molecular complexity index is 509. The van der Waals surface area contributed by atoms with E-state index in [9.17, 15) is 0 Å². The van der Waals surface area contributed by atoms with Crippen molar-refractivity contribution in [2.75, 3.05) is 11.9 Å². The second-order valence-corrected chi connectivity index (χ2v) is 6.87. The lowest BCUT2D eigenvalue weighted by molar-refractivity contribution is 0.376. The van der Waals surface area contributed by atoms with Crippen LogP contribution >= 0.6 is 12.2 Å². The van der Waals surface area contributed by atoms with Gasteiger partial charge in [0.2, 0.25) is 0 Å². The van der Waals surface area contributed by atoms with Crippen molar-refractivity contribution in [3.05, 3.63) is 22.9 Å². The van der Waals surface area contributed by atoms with Crippen LogP contribution in [0.4, 0.5) is 5.82 Å². The van der Waals surface area contributed by atoms with Crippen molar-refractivity contribution in [3.63, 3.8) is 0 Å². The zero-order valence-electron chi connectivity index (χ0n) is 12.8. The highest BCUT2D eigenvalue weighted by Gasteiger charge is 2.19. The second kappa shape index (κ2) is 6.08. The fourth-order valence-corrected chi connectivity index (χ4v) is 2.56. The third kappa shape index (κ3) is 3.48. The van der Waals surface area contributed by atoms with E-state index >= 15 is 0 Å². The van der Waals surface area contributed by atoms with Crippen LogP contribution < -0.4 is 11.1 Å². The molecule has 2 rings (SSSR count). The van der Waals surface area contributed by atoms with E-state index in [2.05, 4.69) is 32.2 Å². The van der Waals surface area contributed by atoms with Crippen LogP contribution in [0.2, 0.25) is 0 Å². The lowest BCUT2D eigenvalue weighted by atomic mass is 9.90. The smallest absolute Gasteiger partial charge is 0.136 e. The van der Waals surface area contributed by atoms with Gasteiger partial charge in [0.15, 0.2) is 0 Å². The minimum atomic E-state index is 0.241. The topological polar surface area (TPSA) is 50.9 Å². The number of nitrogens with zero attached hydrogens (tertiary/aromatic N) is 1. The first-order valence-electron chi connectivity index (χ1n) is 7.49. The number of hydrogen-bond acceptors (Lipinski definition) is 3. The van der Waals surface area contributed by atoms with Gasteiger partial charge in [-0.2, -0.15) is 0 Å². The molecular formula is C16H25N3S. The van der Waals surface area contributed by atoms with Crippen LogP contribution in [0.25, 0.3) is 0 Å². The largest absolute Gasteiger partial charge is 0.389 e. The summed E-state index contributed by atoms with van der Waals surface area (Å²) in [6.07, 6.45) is 5.75. The van der Waals surface area contributed by atoms with Crippen molar-refractivity contribution >= 4 is 23.0 Å². The standard InChI is InChI=1S/C16H25N3S/c1-4-16(2,3)10-18-15-12(14(17)20)9-11-7-5-6-8-13(11)19-15/h9H,4-8,10H2,1-3H3,(H2,17,20)(H,18,19). The van der Waals surface area contributed by atoms with Crippen LogP contribution in [-0.4, -0.2) is 16.5 Å². The lowest BCUT2D eigenvalue weighted by Gasteiger charge is -2.25. The Labute approximate surface area is 127 Å². The zero-order valence-corrected chi connectivity index (χ0v) is 13.6. The van der Waals surface area contributed by atoms with E-state index < -0.39 is 0 Å². The van der Waals surface area contributed by atoms with E-state index in [0.29, 0.717) is 4.99 Å². The van der Waals surface area contributed by atoms with Gasteiger partial charge in [-0.05, 0) is 49.1 Å². The molecule has 1 aliphatic carbocycles. The predicted octanol–water partition coefficient (Wildman–Crippen LogP) is 3.44. The summed E-state index contributed by atoms with van der Waals surface area (Å²) < 4.78 is 0. The Balaban J connectivity index is 2.28. The summed E-state index contributed by atoms with van der Waals surface area (Å²) in [5, 5.41) is 3.46. The number of aromatic nitrogens is 1. The Kier molecular flexibility index (Phi) is 4.63. The van der Waals surface area contributed by atoms with Gasteiger partial charge >= 0.3 is 0 Å². The number of hydrogen-bond donors (Lipinski definition) is 2. The van der Waals surface area contributed by atoms with E-state index in [0.717, 1.165) is 37.2 Å². The monoisotopic (exact) mass is 291 g/mol. The lowest BCUT2D eigenvalue weighted by Crippen LogP contribution is -2.25. The van der Waals surface area contributed by atoms with Crippen molar-refractivity contribution in [1.82, 2.24) is 4.98 Å². The number of nitrogens with two attached hydrogens (primary N) is 1. The van der Waals surface area contributed by atoms with Gasteiger partial charge in [0.1, 0.15) is 10.8 Å². The van der Waals surface area contributed by atoms with Gasteiger partial charge in [-0.1, -0.05) is 33.0 Å². The first-order chi connectivity index (χ1) is 9.43. The molecule has 1 heterocycles. The zero-order chi connectivity index (χ0) is 14.8. The van der Waals surface area contributed by atoms with Gasteiger partial charge in [-0.3, -0.25) is 0 Å². The highest BCUT2D eigenvalue weighted by atomic mass is 32.1. The fraction of sp³-hybridized carbons (Fsp3) is 0.625. The first kappa shape index (κ1) is 15.2. The molecule has 3 nitrogen and oxygen atoms in total. The van der Waals surface area contributed by atoms with Gasteiger partial charge in [0.25, 0.3) is 0 Å². The van der Waals surface area contributed by atoms with E-state index in [4.69, 9.17) is 22.9 Å². The van der Waals surface area contributed by atoms with Gasteiger partial charge in [0.05, 0.1) is 5.56 Å². The SMILES string of the molecule is CCC(C)(C)CNc1nc2c(cc1C(N)=S)CCCC2. The number of rotatable bonds is 5. The molecule has 0 unspecified atom stereocenters. The van der Waals surface area contributed by atoms with E-state index in [1.807, 2.05) is 0 Å². The Morgan fingerprint density at radius 1 is 1.40 bits per heavy atom. The molecule has 0 fully saturated rings. The van der Waals surface area contributed by atoms with Crippen LogP contribution in [0.5, 0.6) is 0 Å². The van der Waals surface area contributed by atoms with Crippen molar-refractivity contribution in [2.45, 2.75) is 52.9 Å². The quantitative estimate of drug-likeness (QED) is 0.816. The van der Waals surface area contributed by atoms with Crippen molar-refractivity contribution in [2.24, 2.45) is 11.1 Å². The first-order valence-corrected chi connectivity index (χ1v) is 7.90. The maximum Gasteiger partial charge on any atom is 0.136 e. The molecule has 0 saturated carbocycles. The highest BCUT2D eigenvalue weighted by molar-refractivity contribution is 7.80. The molecule has 1 aromatic rings. The number of aryl methyl sites for hydroxylation is 2. The van der Waals surface area contributed by atoms with Gasteiger partial charge in [-0.25, -0.2) is 4.98 Å². The van der Waals surface area contributed by atoms with Crippen LogP contribution in [0.3, 0.4) is 0 Å². The molecule has 0 bridgehead atoms. The summed E-state index contributed by atoms with van der Waals surface area (Å²) in [5.41, 5.74) is 9.54. The Morgan fingerprint density at radius 2 is 2.10 bits per heavy atom. The molecule has 20 heavy (non-hydrogen) atoms. The molecule has 0 atom stereocenters. The second-order valence-electron chi connectivity index (χ2n) is 6.43. The fourth-order valence-electron chi connectivity index (χ4n) is 2.40. The van der Waals surface area contributed by atoms with E-state index in [-0.39, 0.29) is 5.41 Å². The minimum absolute atomic E-state index is 0.241. The molecule has 0 radical (unpaired) electrons. The third-order valence-corrected chi connectivity index (χ3v) is 4.48. The molecule has 4 heteroatoms. The Morgan fingerprint density at radius 3 is 2.75 bits per heavy atom. The summed E-state index contributed by atoms with van der Waals surface area (Å²) >= 11 is 5.19. The van der Waals surface area contributed by atoms with Crippen LogP contribution in [0.15, 0.2) is 6.07 Å². The van der Waals surface area contributed by atoms with Gasteiger partial charge in [-0.15, -0.1) is 0 Å². The molecule has 0 spiro atoms. The summed E-state index contributed by atoms with van der Waals surface area (Å²) in [5.74, 6) is 0.861. The molecule has 0 saturated heterocycles. The maximum absolute atomic E-state index is 5.87. The number of thiocarbonyl (C=S) groups is 1. The van der Waals surface area contributed by atoms with Gasteiger partial charge in [0, 0.05) is 12.2 Å². The van der Waals surface area contributed by atoms with E-state index in [1.165, 1.54) is 24.1 Å². The molecule has 1 aromatic heterocycles. The van der Waals surface area contributed by atoms with Crippen LogP contribution in [0, 0.1) is 5.41 Å². The molecule has 0 aliphatic heterocycles. The summed E-state index contributed by atoms with van der Waals surface area (Å²) in [6, 6.07) is 2.14. The molecular weight excluding hydrogens is 266 g/mol. The average Bonchev–Trinajstić information content (AvgIpc) is 2.44. The Hall–Kier alpha value is -1.16. The molecule has 0 aromatic carbocycles. The summed E-state index contributed by atoms with van der Waals surface area (Å²) in [7, 11) is 0. The van der Waals surface area contributed by atoms with Crippen LogP contribution in [-0.2, 0) is 12.8 Å². The number of anilines is 1. The maximum atomic E-state index is 5.87. The molecule has 0 amide bonds. The average molecular weight is 291 g/mol. The highest BCUT2D eigenvalue weighted by Crippen LogP contribution is 2.26. The molecule has 110 valence electrons. The minimum Gasteiger partial charge on any atom is -0.389 e. The molecule has 1 aliphatic rings. The van der Waals surface area contributed by atoms with Crippen molar-refractivity contribution < 1.29 is 0 Å². The van der Waals surface area contributed by atoms with E-state index in [1.54, 1.807) is 0 Å².